The molecule has 1 aliphatic heterocycles. The van der Waals surface area contributed by atoms with E-state index in [-0.39, 0.29) is 16.7 Å². The molecule has 0 radical (unpaired) electrons. The molecule has 0 saturated carbocycles. The Balaban J connectivity index is 1.98. The van der Waals surface area contributed by atoms with E-state index in [1.165, 1.54) is 4.90 Å². The number of carbonyl (C=O) groups is 2. The predicted molar refractivity (Wildman–Crippen MR) is 141 cm³/mol. The number of nitrogens with zero attached hydrogens (tertiary/aromatic N) is 1. The number of amides is 1. The van der Waals surface area contributed by atoms with Gasteiger partial charge in [-0.15, -0.1) is 0 Å². The lowest BCUT2D eigenvalue weighted by Gasteiger charge is -2.27. The molecule has 1 aliphatic rings. The maximum atomic E-state index is 13.5. The summed E-state index contributed by atoms with van der Waals surface area (Å²) in [7, 11) is 3.14. The third kappa shape index (κ3) is 4.35. The molecule has 36 heavy (non-hydrogen) atoms. The number of carbonyl (C=O) groups excluding carboxylic acids is 2. The van der Waals surface area contributed by atoms with Crippen LogP contribution in [0.4, 0.5) is 5.69 Å². The molecule has 186 valence electrons. The molecule has 1 fully saturated rings. The molecule has 0 bridgehead atoms. The summed E-state index contributed by atoms with van der Waals surface area (Å²) in [6.07, 6.45) is 0. The summed E-state index contributed by atoms with van der Waals surface area (Å²) in [6.45, 7) is 8.06. The van der Waals surface area contributed by atoms with Crippen LogP contribution >= 0.6 is 0 Å². The van der Waals surface area contributed by atoms with E-state index in [1.807, 2.05) is 58.0 Å². The smallest absolute Gasteiger partial charge is 0.300 e. The molecule has 1 amide bonds. The van der Waals surface area contributed by atoms with Gasteiger partial charge in [-0.1, -0.05) is 51.1 Å². The average molecular weight is 486 g/mol. The maximum Gasteiger partial charge on any atom is 0.300 e. The second-order valence-electron chi connectivity index (χ2n) is 9.89. The summed E-state index contributed by atoms with van der Waals surface area (Å²) in [4.78, 5) is 28.4. The summed E-state index contributed by atoms with van der Waals surface area (Å²) in [5.74, 6) is -0.422. The van der Waals surface area contributed by atoms with Gasteiger partial charge in [0.2, 0.25) is 0 Å². The molecule has 6 heteroatoms. The van der Waals surface area contributed by atoms with Crippen LogP contribution in [-0.4, -0.2) is 31.0 Å². The van der Waals surface area contributed by atoms with Crippen molar-refractivity contribution in [2.45, 2.75) is 39.2 Å². The zero-order valence-electron chi connectivity index (χ0n) is 21.5. The van der Waals surface area contributed by atoms with Gasteiger partial charge in [0.1, 0.15) is 17.3 Å². The number of ketones is 1. The number of benzene rings is 3. The number of hydrogen-bond donors (Lipinski definition) is 1. The predicted octanol–water partition coefficient (Wildman–Crippen LogP) is 5.94. The SMILES string of the molecule is COc1cccc(N2C(=O)C(=O)/C(=C(/O)c3ccc(OC)c(C(C)(C)C)c3)C2c2ccccc2C)c1. The molecule has 6 nitrogen and oxygen atoms in total. The quantitative estimate of drug-likeness (QED) is 0.275. The van der Waals surface area contributed by atoms with E-state index in [4.69, 9.17) is 9.47 Å². The minimum absolute atomic E-state index is 0.0437. The van der Waals surface area contributed by atoms with Gasteiger partial charge in [0.25, 0.3) is 11.7 Å². The number of methoxy groups -OCH3 is 2. The van der Waals surface area contributed by atoms with Crippen molar-refractivity contribution in [3.63, 3.8) is 0 Å². The molecule has 4 rings (SSSR count). The topological polar surface area (TPSA) is 76.1 Å². The van der Waals surface area contributed by atoms with Crippen molar-refractivity contribution in [3.05, 3.63) is 94.6 Å². The first-order valence-corrected chi connectivity index (χ1v) is 11.8. The number of rotatable bonds is 5. The molecule has 1 heterocycles. The Hall–Kier alpha value is -4.06. The van der Waals surface area contributed by atoms with Gasteiger partial charge in [0, 0.05) is 22.9 Å². The van der Waals surface area contributed by atoms with Gasteiger partial charge in [-0.25, -0.2) is 0 Å². The average Bonchev–Trinajstić information content (AvgIpc) is 3.13. The van der Waals surface area contributed by atoms with Gasteiger partial charge in [-0.2, -0.15) is 0 Å². The maximum absolute atomic E-state index is 13.5. The first kappa shape index (κ1) is 25.0. The Bertz CT molecular complexity index is 1370. The molecule has 1 saturated heterocycles. The summed E-state index contributed by atoms with van der Waals surface area (Å²) < 4.78 is 10.9. The van der Waals surface area contributed by atoms with E-state index in [1.54, 1.807) is 50.6 Å². The summed E-state index contributed by atoms with van der Waals surface area (Å²) in [6, 6.07) is 19.1. The minimum Gasteiger partial charge on any atom is -0.507 e. The highest BCUT2D eigenvalue weighted by Crippen LogP contribution is 2.44. The van der Waals surface area contributed by atoms with Gasteiger partial charge in [0.15, 0.2) is 0 Å². The lowest BCUT2D eigenvalue weighted by molar-refractivity contribution is -0.132. The second-order valence-corrected chi connectivity index (χ2v) is 9.89. The van der Waals surface area contributed by atoms with Gasteiger partial charge in [-0.3, -0.25) is 14.5 Å². The zero-order valence-corrected chi connectivity index (χ0v) is 21.5. The van der Waals surface area contributed by atoms with Crippen LogP contribution in [0.1, 0.15) is 49.1 Å². The highest BCUT2D eigenvalue weighted by atomic mass is 16.5. The van der Waals surface area contributed by atoms with Crippen LogP contribution in [0.25, 0.3) is 5.76 Å². The fourth-order valence-corrected chi connectivity index (χ4v) is 4.64. The second kappa shape index (κ2) is 9.53. The number of anilines is 1. The summed E-state index contributed by atoms with van der Waals surface area (Å²) >= 11 is 0. The van der Waals surface area contributed by atoms with E-state index < -0.39 is 17.7 Å². The normalized spacial score (nSPS) is 17.4. The molecular formula is C30H31NO5. The largest absolute Gasteiger partial charge is 0.507 e. The van der Waals surface area contributed by atoms with Crippen molar-refractivity contribution in [2.75, 3.05) is 19.1 Å². The molecule has 3 aromatic rings. The van der Waals surface area contributed by atoms with Gasteiger partial charge in [0.05, 0.1) is 25.8 Å². The molecule has 0 aliphatic carbocycles. The minimum atomic E-state index is -0.807. The number of ether oxygens (including phenoxy) is 2. The van der Waals surface area contributed by atoms with Crippen LogP contribution in [0.2, 0.25) is 0 Å². The zero-order chi connectivity index (χ0) is 26.2. The molecule has 0 aromatic heterocycles. The van der Waals surface area contributed by atoms with Gasteiger partial charge in [-0.05, 0) is 53.8 Å². The third-order valence-corrected chi connectivity index (χ3v) is 6.54. The van der Waals surface area contributed by atoms with Crippen molar-refractivity contribution in [1.82, 2.24) is 0 Å². The first-order chi connectivity index (χ1) is 17.1. The number of aryl methyl sites for hydroxylation is 1. The van der Waals surface area contributed by atoms with E-state index in [0.717, 1.165) is 16.7 Å². The number of Topliss-reactive ketones (excluding diaryl/α,β-unsaturated/α-hetero) is 1. The van der Waals surface area contributed by atoms with Crippen molar-refractivity contribution in [2.24, 2.45) is 0 Å². The Morgan fingerprint density at radius 1 is 0.917 bits per heavy atom. The van der Waals surface area contributed by atoms with E-state index in [2.05, 4.69) is 0 Å². The number of aliphatic hydroxyl groups excluding tert-OH is 1. The van der Waals surface area contributed by atoms with Crippen molar-refractivity contribution >= 4 is 23.1 Å². The molecule has 0 spiro atoms. The lowest BCUT2D eigenvalue weighted by Crippen LogP contribution is -2.29. The molecule has 1 N–H and O–H groups in total. The fourth-order valence-electron chi connectivity index (χ4n) is 4.64. The summed E-state index contributed by atoms with van der Waals surface area (Å²) in [5, 5.41) is 11.6. The highest BCUT2D eigenvalue weighted by Gasteiger charge is 2.47. The fraction of sp³-hybridized carbons (Fsp3) is 0.267. The van der Waals surface area contributed by atoms with E-state index in [0.29, 0.717) is 22.7 Å². The van der Waals surface area contributed by atoms with Crippen LogP contribution in [0.15, 0.2) is 72.3 Å². The Labute approximate surface area is 211 Å². The lowest BCUT2D eigenvalue weighted by atomic mass is 9.84. The van der Waals surface area contributed by atoms with E-state index in [9.17, 15) is 14.7 Å². The Kier molecular flexibility index (Phi) is 6.63. The molecular weight excluding hydrogens is 454 g/mol. The highest BCUT2D eigenvalue weighted by molar-refractivity contribution is 6.51. The van der Waals surface area contributed by atoms with Crippen LogP contribution in [-0.2, 0) is 15.0 Å². The van der Waals surface area contributed by atoms with Crippen molar-refractivity contribution in [3.8, 4) is 11.5 Å². The Morgan fingerprint density at radius 2 is 1.64 bits per heavy atom. The third-order valence-electron chi connectivity index (χ3n) is 6.54. The number of hydrogen-bond acceptors (Lipinski definition) is 5. The first-order valence-electron chi connectivity index (χ1n) is 11.8. The molecule has 1 unspecified atom stereocenters. The van der Waals surface area contributed by atoms with Gasteiger partial charge >= 0.3 is 0 Å². The van der Waals surface area contributed by atoms with E-state index >= 15 is 0 Å². The summed E-state index contributed by atoms with van der Waals surface area (Å²) in [5.41, 5.74) is 3.26. The van der Waals surface area contributed by atoms with Crippen molar-refractivity contribution in [1.29, 1.82) is 0 Å². The van der Waals surface area contributed by atoms with Crippen molar-refractivity contribution < 1.29 is 24.2 Å². The van der Waals surface area contributed by atoms with Crippen LogP contribution in [0.3, 0.4) is 0 Å². The standard InChI is InChI=1S/C30H31NO5/c1-18-10-7-8-13-22(18)26-25(27(32)19-14-15-24(36-6)23(16-19)30(2,3)4)28(33)29(34)31(26)20-11-9-12-21(17-20)35-5/h7-17,26,32H,1-6H3/b27-25+. The number of aliphatic hydroxyl groups is 1. The molecule has 3 aromatic carbocycles. The molecule has 1 atom stereocenters. The monoisotopic (exact) mass is 485 g/mol. The Morgan fingerprint density at radius 3 is 2.28 bits per heavy atom. The van der Waals surface area contributed by atoms with Crippen LogP contribution in [0, 0.1) is 6.92 Å². The van der Waals surface area contributed by atoms with Crippen LogP contribution < -0.4 is 14.4 Å². The van der Waals surface area contributed by atoms with Gasteiger partial charge < -0.3 is 14.6 Å². The van der Waals surface area contributed by atoms with Crippen LogP contribution in [0.5, 0.6) is 11.5 Å².